The number of hydrogen-bond acceptors (Lipinski definition) is 3. The zero-order valence-corrected chi connectivity index (χ0v) is 10.4. The highest BCUT2D eigenvalue weighted by Crippen LogP contribution is 2.25. The van der Waals surface area contributed by atoms with Gasteiger partial charge in [-0.15, -0.1) is 0 Å². The van der Waals surface area contributed by atoms with Gasteiger partial charge in [0.05, 0.1) is 0 Å². The van der Waals surface area contributed by atoms with Gasteiger partial charge in [0.15, 0.2) is 0 Å². The highest BCUT2D eigenvalue weighted by atomic mass is 15.1. The average Bonchev–Trinajstić information content (AvgIpc) is 2.33. The van der Waals surface area contributed by atoms with Gasteiger partial charge in [-0.2, -0.15) is 0 Å². The van der Waals surface area contributed by atoms with Gasteiger partial charge >= 0.3 is 0 Å². The first-order chi connectivity index (χ1) is 8.08. The Hall–Kier alpha value is -2.03. The van der Waals surface area contributed by atoms with Crippen LogP contribution in [-0.4, -0.2) is 19.1 Å². The van der Waals surface area contributed by atoms with Crippen molar-refractivity contribution in [3.8, 4) is 11.1 Å². The number of anilines is 2. The molecular weight excluding hydrogens is 210 g/mol. The normalized spacial score (nSPS) is 10.3. The van der Waals surface area contributed by atoms with Crippen molar-refractivity contribution in [3.05, 3.63) is 42.1 Å². The second-order valence-corrected chi connectivity index (χ2v) is 4.37. The molecule has 0 amide bonds. The van der Waals surface area contributed by atoms with Gasteiger partial charge < -0.3 is 10.6 Å². The first kappa shape index (κ1) is 11.5. The summed E-state index contributed by atoms with van der Waals surface area (Å²) in [7, 11) is 4.07. The van der Waals surface area contributed by atoms with Gasteiger partial charge in [0.25, 0.3) is 0 Å². The summed E-state index contributed by atoms with van der Waals surface area (Å²) in [5.41, 5.74) is 10.2. The van der Waals surface area contributed by atoms with E-state index < -0.39 is 0 Å². The van der Waals surface area contributed by atoms with E-state index in [1.165, 1.54) is 5.69 Å². The Morgan fingerprint density at radius 1 is 1.12 bits per heavy atom. The molecule has 0 spiro atoms. The van der Waals surface area contributed by atoms with E-state index in [0.29, 0.717) is 5.82 Å². The Bertz CT molecular complexity index is 533. The van der Waals surface area contributed by atoms with Gasteiger partial charge in [0, 0.05) is 31.5 Å². The third-order valence-electron chi connectivity index (χ3n) is 2.81. The molecule has 88 valence electrons. The fourth-order valence-electron chi connectivity index (χ4n) is 1.71. The molecule has 2 N–H and O–H groups in total. The van der Waals surface area contributed by atoms with Crippen molar-refractivity contribution >= 4 is 11.5 Å². The molecule has 0 unspecified atom stereocenters. The van der Waals surface area contributed by atoms with Crippen molar-refractivity contribution in [2.75, 3.05) is 24.7 Å². The van der Waals surface area contributed by atoms with Gasteiger partial charge in [0.2, 0.25) is 0 Å². The van der Waals surface area contributed by atoms with Gasteiger partial charge in [-0.05, 0) is 36.2 Å². The SMILES string of the molecule is Cc1cc(-c2cccc(N(C)C)c2)cnc1N. The second kappa shape index (κ2) is 4.45. The molecule has 1 aromatic heterocycles. The molecule has 2 aromatic rings. The van der Waals surface area contributed by atoms with Crippen LogP contribution in [0.2, 0.25) is 0 Å². The number of nitrogen functional groups attached to an aromatic ring is 1. The molecule has 0 atom stereocenters. The van der Waals surface area contributed by atoms with Gasteiger partial charge in [0.1, 0.15) is 5.82 Å². The van der Waals surface area contributed by atoms with Gasteiger partial charge in [-0.3, -0.25) is 0 Å². The number of nitrogens with two attached hydrogens (primary N) is 1. The summed E-state index contributed by atoms with van der Waals surface area (Å²) >= 11 is 0. The Morgan fingerprint density at radius 3 is 2.53 bits per heavy atom. The molecular formula is C14H17N3. The Morgan fingerprint density at radius 2 is 1.88 bits per heavy atom. The van der Waals surface area contributed by atoms with Crippen molar-refractivity contribution in [2.45, 2.75) is 6.92 Å². The third kappa shape index (κ3) is 2.38. The zero-order chi connectivity index (χ0) is 12.4. The minimum absolute atomic E-state index is 0.595. The summed E-state index contributed by atoms with van der Waals surface area (Å²) in [6.07, 6.45) is 1.82. The van der Waals surface area contributed by atoms with Gasteiger partial charge in [-0.1, -0.05) is 12.1 Å². The molecule has 1 heterocycles. The lowest BCUT2D eigenvalue weighted by molar-refractivity contribution is 1.13. The molecule has 17 heavy (non-hydrogen) atoms. The molecule has 0 saturated heterocycles. The van der Waals surface area contributed by atoms with Crippen molar-refractivity contribution in [2.24, 2.45) is 0 Å². The first-order valence-corrected chi connectivity index (χ1v) is 5.58. The quantitative estimate of drug-likeness (QED) is 0.857. The number of nitrogens with zero attached hydrogens (tertiary/aromatic N) is 2. The van der Waals surface area contributed by atoms with Crippen LogP contribution in [0.3, 0.4) is 0 Å². The molecule has 0 aliphatic heterocycles. The fourth-order valence-corrected chi connectivity index (χ4v) is 1.71. The Balaban J connectivity index is 2.45. The van der Waals surface area contributed by atoms with Crippen LogP contribution in [0.4, 0.5) is 11.5 Å². The Kier molecular flexibility index (Phi) is 3.00. The minimum Gasteiger partial charge on any atom is -0.383 e. The number of pyridine rings is 1. The van der Waals surface area contributed by atoms with Crippen LogP contribution < -0.4 is 10.6 Å². The van der Waals surface area contributed by atoms with E-state index in [-0.39, 0.29) is 0 Å². The van der Waals surface area contributed by atoms with Crippen LogP contribution in [0.15, 0.2) is 36.5 Å². The van der Waals surface area contributed by atoms with Crippen LogP contribution >= 0.6 is 0 Å². The summed E-state index contributed by atoms with van der Waals surface area (Å²) in [5.74, 6) is 0.595. The van der Waals surface area contributed by atoms with E-state index in [1.54, 1.807) is 0 Å². The maximum Gasteiger partial charge on any atom is 0.126 e. The largest absolute Gasteiger partial charge is 0.383 e. The van der Waals surface area contributed by atoms with Crippen molar-refractivity contribution in [1.29, 1.82) is 0 Å². The van der Waals surface area contributed by atoms with E-state index in [1.807, 2.05) is 27.2 Å². The lowest BCUT2D eigenvalue weighted by Gasteiger charge is -2.13. The van der Waals surface area contributed by atoms with E-state index in [2.05, 4.69) is 40.2 Å². The molecule has 1 aromatic carbocycles. The van der Waals surface area contributed by atoms with Gasteiger partial charge in [-0.25, -0.2) is 4.98 Å². The molecule has 0 fully saturated rings. The summed E-state index contributed by atoms with van der Waals surface area (Å²) in [6.45, 7) is 1.97. The van der Waals surface area contributed by atoms with Crippen LogP contribution in [0.1, 0.15) is 5.56 Å². The summed E-state index contributed by atoms with van der Waals surface area (Å²) in [6, 6.07) is 10.4. The average molecular weight is 227 g/mol. The predicted octanol–water partition coefficient (Wildman–Crippen LogP) is 2.71. The maximum atomic E-state index is 5.73. The van der Waals surface area contributed by atoms with E-state index in [9.17, 15) is 0 Å². The molecule has 0 radical (unpaired) electrons. The summed E-state index contributed by atoms with van der Waals surface area (Å²) in [4.78, 5) is 6.28. The number of hydrogen-bond donors (Lipinski definition) is 1. The van der Waals surface area contributed by atoms with Crippen LogP contribution in [0.5, 0.6) is 0 Å². The molecule has 0 saturated carbocycles. The van der Waals surface area contributed by atoms with Crippen molar-refractivity contribution < 1.29 is 0 Å². The standard InChI is InChI=1S/C14H17N3/c1-10-7-12(9-16-14(10)15)11-5-4-6-13(8-11)17(2)3/h4-9H,1-3H3,(H2,15,16). The zero-order valence-electron chi connectivity index (χ0n) is 10.4. The summed E-state index contributed by atoms with van der Waals surface area (Å²) in [5, 5.41) is 0. The minimum atomic E-state index is 0.595. The van der Waals surface area contributed by atoms with Crippen molar-refractivity contribution in [3.63, 3.8) is 0 Å². The van der Waals surface area contributed by atoms with Crippen LogP contribution in [0.25, 0.3) is 11.1 Å². The van der Waals surface area contributed by atoms with E-state index >= 15 is 0 Å². The summed E-state index contributed by atoms with van der Waals surface area (Å²) < 4.78 is 0. The topological polar surface area (TPSA) is 42.2 Å². The predicted molar refractivity (Wildman–Crippen MR) is 73.1 cm³/mol. The monoisotopic (exact) mass is 227 g/mol. The van der Waals surface area contributed by atoms with Crippen LogP contribution in [0, 0.1) is 6.92 Å². The van der Waals surface area contributed by atoms with E-state index in [4.69, 9.17) is 5.73 Å². The van der Waals surface area contributed by atoms with E-state index in [0.717, 1.165) is 16.7 Å². The molecule has 2 rings (SSSR count). The highest BCUT2D eigenvalue weighted by Gasteiger charge is 2.03. The highest BCUT2D eigenvalue weighted by molar-refractivity contribution is 5.69. The number of rotatable bonds is 2. The van der Waals surface area contributed by atoms with Crippen molar-refractivity contribution in [1.82, 2.24) is 4.98 Å². The third-order valence-corrected chi connectivity index (χ3v) is 2.81. The lowest BCUT2D eigenvalue weighted by Crippen LogP contribution is -2.08. The Labute approximate surface area is 102 Å². The lowest BCUT2D eigenvalue weighted by atomic mass is 10.1. The molecule has 3 nitrogen and oxygen atoms in total. The smallest absolute Gasteiger partial charge is 0.126 e. The second-order valence-electron chi connectivity index (χ2n) is 4.37. The first-order valence-electron chi connectivity index (χ1n) is 5.58. The molecule has 0 bridgehead atoms. The number of benzene rings is 1. The molecule has 0 aliphatic carbocycles. The van der Waals surface area contributed by atoms with Crippen LogP contribution in [-0.2, 0) is 0 Å². The maximum absolute atomic E-state index is 5.73. The number of aryl methyl sites for hydroxylation is 1. The number of aromatic nitrogens is 1. The molecule has 0 aliphatic rings. The molecule has 3 heteroatoms. The fraction of sp³-hybridized carbons (Fsp3) is 0.214.